The van der Waals surface area contributed by atoms with E-state index in [9.17, 15) is 14.4 Å². The molecule has 1 aromatic rings. The lowest BCUT2D eigenvalue weighted by molar-refractivity contribution is -0.429. The Kier molecular flexibility index (Phi) is 5.82. The number of aryl methyl sites for hydroxylation is 1. The minimum Gasteiger partial charge on any atom is -0.323 e. The summed E-state index contributed by atoms with van der Waals surface area (Å²) in [6, 6.07) is 6.91. The molecule has 1 unspecified atom stereocenters. The molecule has 146 valence electrons. The zero-order chi connectivity index (χ0) is 20.3. The molecule has 2 aliphatic rings. The van der Waals surface area contributed by atoms with Gasteiger partial charge >= 0.3 is 11.9 Å². The molecule has 0 spiro atoms. The maximum Gasteiger partial charge on any atom is 0.446 e. The van der Waals surface area contributed by atoms with Crippen LogP contribution in [-0.4, -0.2) is 52.5 Å². The normalized spacial score (nSPS) is 18.7. The van der Waals surface area contributed by atoms with Crippen molar-refractivity contribution in [2.75, 3.05) is 18.4 Å². The van der Waals surface area contributed by atoms with Crippen molar-refractivity contribution in [1.82, 2.24) is 4.90 Å². The highest BCUT2D eigenvalue weighted by Gasteiger charge is 2.46. The lowest BCUT2D eigenvalue weighted by Crippen LogP contribution is -2.56. The monoisotopic (exact) mass is 381 g/mol. The Morgan fingerprint density at radius 3 is 2.64 bits per heavy atom. The van der Waals surface area contributed by atoms with E-state index >= 15 is 0 Å². The third kappa shape index (κ3) is 4.24. The van der Waals surface area contributed by atoms with E-state index < -0.39 is 11.9 Å². The number of fused-ring (bicyclic) bond motifs is 1. The Bertz CT molecular complexity index is 881. The number of amidine groups is 1. The highest BCUT2D eigenvalue weighted by atomic mass is 16.2. The van der Waals surface area contributed by atoms with Gasteiger partial charge in [0.25, 0.3) is 11.7 Å². The highest BCUT2D eigenvalue weighted by molar-refractivity contribution is 6.15. The number of carbonyl (C=O) groups excluding carboxylic acids is 3. The molecule has 0 aromatic heterocycles. The number of carbonyl (C=O) groups is 3. The Labute approximate surface area is 164 Å². The van der Waals surface area contributed by atoms with Crippen molar-refractivity contribution in [3.63, 3.8) is 0 Å². The van der Waals surface area contributed by atoms with Gasteiger partial charge in [-0.05, 0) is 37.5 Å². The molecule has 2 aliphatic heterocycles. The van der Waals surface area contributed by atoms with E-state index in [1.54, 1.807) is 24.3 Å². The van der Waals surface area contributed by atoms with Crippen LogP contribution < -0.4 is 5.32 Å². The first-order valence-corrected chi connectivity index (χ1v) is 9.44. The van der Waals surface area contributed by atoms with Crippen LogP contribution in [-0.2, 0) is 9.59 Å². The zero-order valence-electron chi connectivity index (χ0n) is 16.4. The van der Waals surface area contributed by atoms with Gasteiger partial charge in [-0.3, -0.25) is 9.59 Å². The first kappa shape index (κ1) is 19.7. The van der Waals surface area contributed by atoms with Gasteiger partial charge in [0.2, 0.25) is 0 Å². The molecule has 7 heteroatoms. The Morgan fingerprint density at radius 1 is 1.25 bits per heavy atom. The van der Waals surface area contributed by atoms with Crippen molar-refractivity contribution in [1.29, 1.82) is 0 Å². The van der Waals surface area contributed by atoms with Crippen molar-refractivity contribution >= 4 is 35.6 Å². The second-order valence-corrected chi connectivity index (χ2v) is 7.45. The molecule has 7 nitrogen and oxygen atoms in total. The molecule has 0 saturated heterocycles. The van der Waals surface area contributed by atoms with Crippen molar-refractivity contribution < 1.29 is 19.0 Å². The van der Waals surface area contributed by atoms with E-state index in [0.717, 1.165) is 5.56 Å². The number of hydrogen-bond donors (Lipinski definition) is 1. The number of amides is 4. The van der Waals surface area contributed by atoms with Crippen LogP contribution in [0.1, 0.15) is 25.8 Å². The summed E-state index contributed by atoms with van der Waals surface area (Å²) in [5, 5.41) is 2.79. The van der Waals surface area contributed by atoms with Gasteiger partial charge in [0.05, 0.1) is 6.54 Å². The molecule has 0 radical (unpaired) electrons. The summed E-state index contributed by atoms with van der Waals surface area (Å²) in [5.74, 6) is -0.612. The van der Waals surface area contributed by atoms with Crippen molar-refractivity contribution in [2.45, 2.75) is 27.2 Å². The summed E-state index contributed by atoms with van der Waals surface area (Å²) in [6.45, 7) is 6.16. The number of nitrogens with one attached hydrogen (secondary N) is 1. The number of allylic oxidation sites excluding steroid dienone is 1. The molecule has 2 heterocycles. The number of nitrogens with zero attached hydrogens (tertiary/aromatic N) is 3. The number of rotatable bonds is 6. The van der Waals surface area contributed by atoms with Crippen LogP contribution >= 0.6 is 0 Å². The van der Waals surface area contributed by atoms with Crippen LogP contribution in [0.25, 0.3) is 0 Å². The molecule has 28 heavy (non-hydrogen) atoms. The lowest BCUT2D eigenvalue weighted by Gasteiger charge is -2.27. The SMILES string of the molecule is Cc1ccc(NC(=O)C[N+]2=C3N=CC=CC3C(=O)N(CCC(C)C)C2=O)cc1. The fourth-order valence-corrected chi connectivity index (χ4v) is 3.11. The van der Waals surface area contributed by atoms with Gasteiger partial charge in [0.1, 0.15) is 6.21 Å². The van der Waals surface area contributed by atoms with Gasteiger partial charge in [-0.1, -0.05) is 37.6 Å². The molecule has 0 bridgehead atoms. The van der Waals surface area contributed by atoms with Crippen molar-refractivity contribution in [2.24, 2.45) is 16.8 Å². The van der Waals surface area contributed by atoms with Gasteiger partial charge in [-0.2, -0.15) is 9.48 Å². The Hall–Kier alpha value is -3.09. The third-order valence-electron chi connectivity index (χ3n) is 4.71. The molecule has 4 amide bonds. The average molecular weight is 381 g/mol. The van der Waals surface area contributed by atoms with Gasteiger partial charge < -0.3 is 5.32 Å². The molecular weight excluding hydrogens is 356 g/mol. The third-order valence-corrected chi connectivity index (χ3v) is 4.71. The lowest BCUT2D eigenvalue weighted by atomic mass is 10.0. The van der Waals surface area contributed by atoms with Crippen molar-refractivity contribution in [3.8, 4) is 0 Å². The molecule has 0 aliphatic carbocycles. The second-order valence-electron chi connectivity index (χ2n) is 7.45. The van der Waals surface area contributed by atoms with E-state index in [-0.39, 0.29) is 18.4 Å². The second kappa shape index (κ2) is 8.29. The predicted octanol–water partition coefficient (Wildman–Crippen LogP) is 2.61. The van der Waals surface area contributed by atoms with Gasteiger partial charge in [0.15, 0.2) is 12.5 Å². The van der Waals surface area contributed by atoms with Gasteiger partial charge in [0, 0.05) is 5.69 Å². The largest absolute Gasteiger partial charge is 0.446 e. The minimum atomic E-state index is -0.637. The van der Waals surface area contributed by atoms with E-state index in [1.807, 2.05) is 32.9 Å². The summed E-state index contributed by atoms with van der Waals surface area (Å²) in [5.41, 5.74) is 1.74. The first-order chi connectivity index (χ1) is 13.4. The maximum absolute atomic E-state index is 13.0. The topological polar surface area (TPSA) is 81.8 Å². The van der Waals surface area contributed by atoms with Crippen LogP contribution in [0.3, 0.4) is 0 Å². The smallest absolute Gasteiger partial charge is 0.323 e. The molecular formula is C21H25N4O3+. The molecule has 1 aromatic carbocycles. The number of dihydropyridines is 1. The maximum atomic E-state index is 13.0. The summed E-state index contributed by atoms with van der Waals surface area (Å²) in [6.07, 6.45) is 5.63. The summed E-state index contributed by atoms with van der Waals surface area (Å²) in [4.78, 5) is 43.7. The highest BCUT2D eigenvalue weighted by Crippen LogP contribution is 2.20. The van der Waals surface area contributed by atoms with Crippen LogP contribution in [0, 0.1) is 18.8 Å². The average Bonchev–Trinajstić information content (AvgIpc) is 2.67. The van der Waals surface area contributed by atoms with Gasteiger partial charge in [-0.25, -0.2) is 4.79 Å². The summed E-state index contributed by atoms with van der Waals surface area (Å²) in [7, 11) is 0. The number of anilines is 1. The van der Waals surface area contributed by atoms with E-state index in [0.29, 0.717) is 30.4 Å². The number of benzene rings is 1. The number of imide groups is 1. The number of hydrogen-bond acceptors (Lipinski definition) is 4. The summed E-state index contributed by atoms with van der Waals surface area (Å²) < 4.78 is 1.30. The molecule has 1 atom stereocenters. The summed E-state index contributed by atoms with van der Waals surface area (Å²) >= 11 is 0. The number of aliphatic imine (C=N–C) groups is 1. The zero-order valence-corrected chi connectivity index (χ0v) is 16.4. The quantitative estimate of drug-likeness (QED) is 0.769. The number of urea groups is 1. The predicted molar refractivity (Wildman–Crippen MR) is 108 cm³/mol. The Morgan fingerprint density at radius 2 is 1.96 bits per heavy atom. The van der Waals surface area contributed by atoms with Crippen LogP contribution in [0.15, 0.2) is 41.4 Å². The fourth-order valence-electron chi connectivity index (χ4n) is 3.11. The van der Waals surface area contributed by atoms with Crippen LogP contribution in [0.2, 0.25) is 0 Å². The standard InChI is InChI=1S/C21H24N4O3/c1-14(2)10-12-24-20(27)17-5-4-11-22-19(17)25(21(24)28)13-18(26)23-16-8-6-15(3)7-9-16/h4-9,11,14,17H,10,12-13H2,1-3H3/p+1. The Balaban J connectivity index is 1.83. The fraction of sp³-hybridized carbons (Fsp3) is 0.381. The van der Waals surface area contributed by atoms with Crippen LogP contribution in [0.5, 0.6) is 0 Å². The molecule has 0 saturated carbocycles. The molecule has 3 rings (SSSR count). The van der Waals surface area contributed by atoms with Crippen molar-refractivity contribution in [3.05, 3.63) is 42.0 Å². The first-order valence-electron chi connectivity index (χ1n) is 9.44. The molecule has 1 N–H and O–H groups in total. The van der Waals surface area contributed by atoms with E-state index in [2.05, 4.69) is 10.3 Å². The molecule has 0 fully saturated rings. The minimum absolute atomic E-state index is 0.199. The van der Waals surface area contributed by atoms with Crippen LogP contribution in [0.4, 0.5) is 10.5 Å². The van der Waals surface area contributed by atoms with Gasteiger partial charge in [-0.15, -0.1) is 4.99 Å². The van der Waals surface area contributed by atoms with E-state index in [4.69, 9.17) is 0 Å². The van der Waals surface area contributed by atoms with E-state index in [1.165, 1.54) is 15.7 Å².